The van der Waals surface area contributed by atoms with Gasteiger partial charge in [-0.2, -0.15) is 12.6 Å². The predicted octanol–water partition coefficient (Wildman–Crippen LogP) is 1.50. The smallest absolute Gasteiger partial charge is 0.343 e. The second-order valence-electron chi connectivity index (χ2n) is 8.21. The minimum Gasteiger partial charge on any atom is -0.467 e. The lowest BCUT2D eigenvalue weighted by Crippen LogP contribution is -2.57. The molecule has 4 N–H and O–H groups in total. The van der Waals surface area contributed by atoms with Crippen LogP contribution >= 0.6 is 12.6 Å². The molecule has 0 aliphatic carbocycles. The van der Waals surface area contributed by atoms with Crippen molar-refractivity contribution in [3.63, 3.8) is 0 Å². The molecule has 0 aliphatic rings. The number of nitrogens with two attached hydrogens (primary N) is 1. The SMILES string of the molecule is COC(=O)[C@H](Cc1ccc(OC(=O)c2ccccc2)cc1)NC(=O)[C@@H](NC(=O)[C@@H](N)CS)C(C)C. The van der Waals surface area contributed by atoms with Crippen molar-refractivity contribution >= 4 is 36.4 Å². The molecule has 0 saturated carbocycles. The number of esters is 2. The molecule has 10 heteroatoms. The second kappa shape index (κ2) is 13.5. The van der Waals surface area contributed by atoms with E-state index in [0.717, 1.165) is 0 Å². The third kappa shape index (κ3) is 8.41. The van der Waals surface area contributed by atoms with Crippen molar-refractivity contribution in [2.24, 2.45) is 11.7 Å². The van der Waals surface area contributed by atoms with Crippen molar-refractivity contribution in [1.29, 1.82) is 0 Å². The average Bonchev–Trinajstić information content (AvgIpc) is 2.86. The number of carbonyl (C=O) groups excluding carboxylic acids is 4. The summed E-state index contributed by atoms with van der Waals surface area (Å²) in [5, 5.41) is 5.26. The number of rotatable bonds is 11. The van der Waals surface area contributed by atoms with E-state index in [2.05, 4.69) is 23.3 Å². The first kappa shape index (κ1) is 27.9. The Morgan fingerprint density at radius 1 is 0.943 bits per heavy atom. The van der Waals surface area contributed by atoms with E-state index in [9.17, 15) is 19.2 Å². The summed E-state index contributed by atoms with van der Waals surface area (Å²) in [7, 11) is 1.22. The van der Waals surface area contributed by atoms with Gasteiger partial charge in [-0.25, -0.2) is 9.59 Å². The maximum atomic E-state index is 12.9. The van der Waals surface area contributed by atoms with Crippen LogP contribution in [-0.2, 0) is 25.5 Å². The van der Waals surface area contributed by atoms with Crippen molar-refractivity contribution in [3.8, 4) is 5.75 Å². The first-order valence-electron chi connectivity index (χ1n) is 11.1. The lowest BCUT2D eigenvalue weighted by Gasteiger charge is -2.25. The Hall–Kier alpha value is -3.37. The predicted molar refractivity (Wildman–Crippen MR) is 134 cm³/mol. The van der Waals surface area contributed by atoms with E-state index in [-0.39, 0.29) is 18.1 Å². The van der Waals surface area contributed by atoms with Crippen LogP contribution in [0.4, 0.5) is 0 Å². The molecule has 2 aromatic rings. The lowest BCUT2D eigenvalue weighted by molar-refractivity contribution is -0.145. The van der Waals surface area contributed by atoms with Crippen LogP contribution in [0, 0.1) is 5.92 Å². The maximum Gasteiger partial charge on any atom is 0.343 e. The molecule has 9 nitrogen and oxygen atoms in total. The number of carbonyl (C=O) groups is 4. The quantitative estimate of drug-likeness (QED) is 0.208. The van der Waals surface area contributed by atoms with E-state index in [1.54, 1.807) is 68.4 Å². The molecule has 0 aromatic heterocycles. The number of hydrogen-bond donors (Lipinski definition) is 4. The fourth-order valence-electron chi connectivity index (χ4n) is 3.14. The molecule has 0 unspecified atom stereocenters. The Balaban J connectivity index is 2.07. The largest absolute Gasteiger partial charge is 0.467 e. The monoisotopic (exact) mass is 501 g/mol. The van der Waals surface area contributed by atoms with E-state index in [1.165, 1.54) is 7.11 Å². The number of hydrogen-bond acceptors (Lipinski definition) is 8. The average molecular weight is 502 g/mol. The normalized spacial score (nSPS) is 13.3. The van der Waals surface area contributed by atoms with Crippen molar-refractivity contribution in [2.75, 3.05) is 12.9 Å². The summed E-state index contributed by atoms with van der Waals surface area (Å²) >= 11 is 4.00. The summed E-state index contributed by atoms with van der Waals surface area (Å²) in [6.07, 6.45) is 0.125. The fraction of sp³-hybridized carbons (Fsp3) is 0.360. The lowest BCUT2D eigenvalue weighted by atomic mass is 10.0. The van der Waals surface area contributed by atoms with Gasteiger partial charge in [-0.1, -0.05) is 44.2 Å². The number of nitrogens with one attached hydrogen (secondary N) is 2. The molecule has 0 bridgehead atoms. The minimum absolute atomic E-state index is 0.125. The number of amides is 2. The molecule has 2 aromatic carbocycles. The Morgan fingerprint density at radius 3 is 2.11 bits per heavy atom. The second-order valence-corrected chi connectivity index (χ2v) is 8.57. The minimum atomic E-state index is -0.998. The third-order valence-corrected chi connectivity index (χ3v) is 5.56. The van der Waals surface area contributed by atoms with E-state index < -0.39 is 41.9 Å². The Labute approximate surface area is 210 Å². The Bertz CT molecular complexity index is 1010. The molecule has 0 aliphatic heterocycles. The topological polar surface area (TPSA) is 137 Å². The van der Waals surface area contributed by atoms with Crippen molar-refractivity contribution in [1.82, 2.24) is 10.6 Å². The summed E-state index contributed by atoms with van der Waals surface area (Å²) in [6.45, 7) is 3.53. The highest BCUT2D eigenvalue weighted by molar-refractivity contribution is 7.80. The van der Waals surface area contributed by atoms with E-state index in [4.69, 9.17) is 15.2 Å². The molecule has 0 spiro atoms. The van der Waals surface area contributed by atoms with E-state index >= 15 is 0 Å². The third-order valence-electron chi connectivity index (χ3n) is 5.17. The summed E-state index contributed by atoms with van der Waals surface area (Å²) in [5.74, 6) is -1.98. The highest BCUT2D eigenvalue weighted by atomic mass is 32.1. The first-order chi connectivity index (χ1) is 16.7. The van der Waals surface area contributed by atoms with Gasteiger partial charge < -0.3 is 25.8 Å². The summed E-state index contributed by atoms with van der Waals surface area (Å²) < 4.78 is 10.2. The maximum absolute atomic E-state index is 12.9. The van der Waals surface area contributed by atoms with Gasteiger partial charge in [0.2, 0.25) is 11.8 Å². The van der Waals surface area contributed by atoms with Gasteiger partial charge in [-0.3, -0.25) is 9.59 Å². The van der Waals surface area contributed by atoms with Crippen LogP contribution in [-0.4, -0.2) is 54.7 Å². The van der Waals surface area contributed by atoms with Crippen LogP contribution in [0.5, 0.6) is 5.75 Å². The van der Waals surface area contributed by atoms with Crippen molar-refractivity contribution in [2.45, 2.75) is 38.4 Å². The van der Waals surface area contributed by atoms with Crippen molar-refractivity contribution < 1.29 is 28.7 Å². The molecule has 0 fully saturated rings. The zero-order valence-electron chi connectivity index (χ0n) is 19.9. The Kier molecular flexibility index (Phi) is 10.8. The van der Waals surface area contributed by atoms with Crippen LogP contribution < -0.4 is 21.1 Å². The van der Waals surface area contributed by atoms with Gasteiger partial charge in [0, 0.05) is 12.2 Å². The van der Waals surface area contributed by atoms with Gasteiger partial charge in [-0.15, -0.1) is 0 Å². The molecule has 0 saturated heterocycles. The number of ether oxygens (including phenoxy) is 2. The van der Waals surface area contributed by atoms with Gasteiger partial charge in [0.05, 0.1) is 18.7 Å². The summed E-state index contributed by atoms with van der Waals surface area (Å²) in [5.41, 5.74) is 6.81. The molecule has 0 heterocycles. The first-order valence-corrected chi connectivity index (χ1v) is 11.7. The van der Waals surface area contributed by atoms with E-state index in [0.29, 0.717) is 16.9 Å². The van der Waals surface area contributed by atoms with Gasteiger partial charge in [0.1, 0.15) is 17.8 Å². The molecular weight excluding hydrogens is 470 g/mol. The zero-order valence-corrected chi connectivity index (χ0v) is 20.8. The molecule has 0 radical (unpaired) electrons. The molecular formula is C25H31N3O6S. The molecule has 2 amide bonds. The standard InChI is InChI=1S/C25H31N3O6S/c1-15(2)21(28-22(29)19(26)14-35)23(30)27-20(25(32)33-3)13-16-9-11-18(12-10-16)34-24(31)17-7-5-4-6-8-17/h4-12,15,19-21,35H,13-14,26H2,1-3H3,(H,27,30)(H,28,29)/t19-,20-,21-/m0/s1. The molecule has 35 heavy (non-hydrogen) atoms. The van der Waals surface area contributed by atoms with Crippen LogP contribution in [0.15, 0.2) is 54.6 Å². The van der Waals surface area contributed by atoms with E-state index in [1.807, 2.05) is 0 Å². The van der Waals surface area contributed by atoms with Gasteiger partial charge in [0.15, 0.2) is 0 Å². The van der Waals surface area contributed by atoms with Crippen LogP contribution in [0.3, 0.4) is 0 Å². The number of thiol groups is 1. The molecule has 3 atom stereocenters. The highest BCUT2D eigenvalue weighted by Crippen LogP contribution is 2.16. The van der Waals surface area contributed by atoms with Gasteiger partial charge in [-0.05, 0) is 35.7 Å². The number of benzene rings is 2. The molecule has 2 rings (SSSR count). The van der Waals surface area contributed by atoms with Gasteiger partial charge >= 0.3 is 11.9 Å². The molecule has 188 valence electrons. The summed E-state index contributed by atoms with van der Waals surface area (Å²) in [4.78, 5) is 49.7. The van der Waals surface area contributed by atoms with Crippen LogP contribution in [0.25, 0.3) is 0 Å². The van der Waals surface area contributed by atoms with Crippen LogP contribution in [0.1, 0.15) is 29.8 Å². The number of methoxy groups -OCH3 is 1. The van der Waals surface area contributed by atoms with Crippen molar-refractivity contribution in [3.05, 3.63) is 65.7 Å². The van der Waals surface area contributed by atoms with Gasteiger partial charge in [0.25, 0.3) is 0 Å². The summed E-state index contributed by atoms with van der Waals surface area (Å²) in [6, 6.07) is 12.4. The van der Waals surface area contributed by atoms with Crippen LogP contribution in [0.2, 0.25) is 0 Å². The fourth-order valence-corrected chi connectivity index (χ4v) is 3.31. The highest BCUT2D eigenvalue weighted by Gasteiger charge is 2.30. The Morgan fingerprint density at radius 2 is 1.57 bits per heavy atom. The zero-order chi connectivity index (χ0) is 26.0.